The fraction of sp³-hybridized carbons (Fsp3) is 0.533. The van der Waals surface area contributed by atoms with Crippen LogP contribution in [-0.4, -0.2) is 24.8 Å². The largest absolute Gasteiger partial charge is 0.303 e. The molecule has 0 radical (unpaired) electrons. The van der Waals surface area contributed by atoms with Gasteiger partial charge in [-0.05, 0) is 31.5 Å². The van der Waals surface area contributed by atoms with Crippen LogP contribution in [0.5, 0.6) is 0 Å². The maximum atomic E-state index is 11.3. The van der Waals surface area contributed by atoms with Crippen molar-refractivity contribution in [1.82, 2.24) is 4.90 Å². The van der Waals surface area contributed by atoms with Gasteiger partial charge < -0.3 is 9.69 Å². The Labute approximate surface area is 117 Å². The van der Waals surface area contributed by atoms with Crippen molar-refractivity contribution in [3.8, 4) is 0 Å². The Kier molecular flexibility index (Phi) is 4.57. The van der Waals surface area contributed by atoms with Crippen LogP contribution < -0.4 is 0 Å². The third-order valence-corrected chi connectivity index (χ3v) is 4.61. The molecule has 98 valence electrons. The Balaban J connectivity index is 1.98. The van der Waals surface area contributed by atoms with E-state index in [1.54, 1.807) is 0 Å². The first-order chi connectivity index (χ1) is 8.65. The Morgan fingerprint density at radius 2 is 2.00 bits per heavy atom. The van der Waals surface area contributed by atoms with E-state index in [-0.39, 0.29) is 5.41 Å². The molecule has 1 aromatic carbocycles. The summed E-state index contributed by atoms with van der Waals surface area (Å²) in [6.45, 7) is 1.76. The number of hydrogen-bond acceptors (Lipinski definition) is 2. The lowest BCUT2D eigenvalue weighted by Gasteiger charge is -2.28. The summed E-state index contributed by atoms with van der Waals surface area (Å²) in [6, 6.07) is 8.27. The van der Waals surface area contributed by atoms with Gasteiger partial charge in [0.15, 0.2) is 0 Å². The summed E-state index contributed by atoms with van der Waals surface area (Å²) >= 11 is 3.57. The van der Waals surface area contributed by atoms with Gasteiger partial charge in [-0.1, -0.05) is 47.0 Å². The van der Waals surface area contributed by atoms with Crippen LogP contribution in [0.2, 0.25) is 0 Å². The second-order valence-corrected chi connectivity index (χ2v) is 6.31. The van der Waals surface area contributed by atoms with Crippen molar-refractivity contribution in [2.45, 2.75) is 32.2 Å². The molecular formula is C15H20BrNO. The molecule has 0 amide bonds. The minimum absolute atomic E-state index is 0.0873. The third-order valence-electron chi connectivity index (χ3n) is 3.83. The van der Waals surface area contributed by atoms with E-state index in [1.165, 1.54) is 24.7 Å². The summed E-state index contributed by atoms with van der Waals surface area (Å²) in [6.07, 6.45) is 5.69. The molecule has 0 spiro atoms. The molecule has 18 heavy (non-hydrogen) atoms. The Bertz CT molecular complexity index is 413. The Hall–Kier alpha value is -0.670. The van der Waals surface area contributed by atoms with Crippen molar-refractivity contribution >= 4 is 22.2 Å². The second kappa shape index (κ2) is 5.98. The molecule has 2 nitrogen and oxygen atoms in total. The number of halogens is 1. The summed E-state index contributed by atoms with van der Waals surface area (Å²) < 4.78 is 1.14. The molecule has 0 atom stereocenters. The van der Waals surface area contributed by atoms with E-state index in [2.05, 4.69) is 46.1 Å². The third kappa shape index (κ3) is 3.21. The van der Waals surface area contributed by atoms with Crippen molar-refractivity contribution < 1.29 is 4.79 Å². The Morgan fingerprint density at radius 1 is 1.33 bits per heavy atom. The quantitative estimate of drug-likeness (QED) is 0.774. The summed E-state index contributed by atoms with van der Waals surface area (Å²) in [5.74, 6) is 0. The minimum Gasteiger partial charge on any atom is -0.303 e. The SMILES string of the molecule is CN(Cc1ccccc1Br)CC1(C=O)CCCC1. The highest BCUT2D eigenvalue weighted by molar-refractivity contribution is 9.10. The van der Waals surface area contributed by atoms with E-state index in [9.17, 15) is 4.79 Å². The molecule has 0 N–H and O–H groups in total. The van der Waals surface area contributed by atoms with Crippen LogP contribution in [0.4, 0.5) is 0 Å². The highest BCUT2D eigenvalue weighted by Crippen LogP contribution is 2.37. The van der Waals surface area contributed by atoms with E-state index in [4.69, 9.17) is 0 Å². The summed E-state index contributed by atoms with van der Waals surface area (Å²) in [7, 11) is 2.10. The van der Waals surface area contributed by atoms with Gasteiger partial charge in [-0.25, -0.2) is 0 Å². The molecule has 3 heteroatoms. The fourth-order valence-corrected chi connectivity index (χ4v) is 3.31. The molecular weight excluding hydrogens is 290 g/mol. The molecule has 1 aromatic rings. The van der Waals surface area contributed by atoms with Crippen molar-refractivity contribution in [1.29, 1.82) is 0 Å². The highest BCUT2D eigenvalue weighted by Gasteiger charge is 2.34. The van der Waals surface area contributed by atoms with Gasteiger partial charge in [-0.15, -0.1) is 0 Å². The van der Waals surface area contributed by atoms with Crippen LogP contribution in [0.3, 0.4) is 0 Å². The van der Waals surface area contributed by atoms with Crippen LogP contribution >= 0.6 is 15.9 Å². The monoisotopic (exact) mass is 309 g/mol. The molecule has 1 aliphatic carbocycles. The molecule has 1 aliphatic rings. The fourth-order valence-electron chi connectivity index (χ4n) is 2.90. The number of rotatable bonds is 5. The zero-order valence-electron chi connectivity index (χ0n) is 10.9. The number of carbonyl (C=O) groups excluding carboxylic acids is 1. The topological polar surface area (TPSA) is 20.3 Å². The average molecular weight is 310 g/mol. The van der Waals surface area contributed by atoms with Gasteiger partial charge in [0.1, 0.15) is 6.29 Å². The van der Waals surface area contributed by atoms with E-state index in [0.29, 0.717) is 0 Å². The first kappa shape index (κ1) is 13.8. The van der Waals surface area contributed by atoms with Gasteiger partial charge in [0.05, 0.1) is 0 Å². The van der Waals surface area contributed by atoms with Gasteiger partial charge in [0.2, 0.25) is 0 Å². The van der Waals surface area contributed by atoms with Gasteiger partial charge in [-0.2, -0.15) is 0 Å². The molecule has 1 fully saturated rings. The van der Waals surface area contributed by atoms with Crippen LogP contribution in [0.15, 0.2) is 28.7 Å². The highest BCUT2D eigenvalue weighted by atomic mass is 79.9. The summed E-state index contributed by atoms with van der Waals surface area (Å²) in [5, 5.41) is 0. The second-order valence-electron chi connectivity index (χ2n) is 5.45. The predicted molar refractivity (Wildman–Crippen MR) is 77.4 cm³/mol. The number of carbonyl (C=O) groups is 1. The normalized spacial score (nSPS) is 18.2. The standard InChI is InChI=1S/C15H20BrNO/c1-17(10-13-6-2-3-7-14(13)16)11-15(12-18)8-4-5-9-15/h2-3,6-7,12H,4-5,8-11H2,1H3. The first-order valence-electron chi connectivity index (χ1n) is 6.53. The van der Waals surface area contributed by atoms with Crippen LogP contribution in [0.1, 0.15) is 31.2 Å². The molecule has 0 bridgehead atoms. The van der Waals surface area contributed by atoms with Crippen LogP contribution in [0, 0.1) is 5.41 Å². The number of aldehydes is 1. The first-order valence-corrected chi connectivity index (χ1v) is 7.33. The van der Waals surface area contributed by atoms with Crippen LogP contribution in [0.25, 0.3) is 0 Å². The summed E-state index contributed by atoms with van der Waals surface area (Å²) in [5.41, 5.74) is 1.19. The number of benzene rings is 1. The molecule has 0 aromatic heterocycles. The summed E-state index contributed by atoms with van der Waals surface area (Å²) in [4.78, 5) is 13.6. The van der Waals surface area contributed by atoms with Crippen molar-refractivity contribution in [3.63, 3.8) is 0 Å². The van der Waals surface area contributed by atoms with E-state index < -0.39 is 0 Å². The lowest BCUT2D eigenvalue weighted by atomic mass is 9.87. The molecule has 0 unspecified atom stereocenters. The lowest BCUT2D eigenvalue weighted by Crippen LogP contribution is -2.34. The predicted octanol–water partition coefficient (Wildman–Crippen LogP) is 3.64. The zero-order valence-corrected chi connectivity index (χ0v) is 12.4. The van der Waals surface area contributed by atoms with E-state index in [0.717, 1.165) is 30.4 Å². The maximum Gasteiger partial charge on any atom is 0.127 e. The molecule has 0 saturated heterocycles. The van der Waals surface area contributed by atoms with Gasteiger partial charge in [-0.3, -0.25) is 0 Å². The van der Waals surface area contributed by atoms with Crippen molar-refractivity contribution in [2.75, 3.05) is 13.6 Å². The zero-order chi connectivity index (χ0) is 13.0. The minimum atomic E-state index is -0.0873. The molecule has 1 saturated carbocycles. The van der Waals surface area contributed by atoms with Crippen LogP contribution in [-0.2, 0) is 11.3 Å². The van der Waals surface area contributed by atoms with Crippen molar-refractivity contribution in [3.05, 3.63) is 34.3 Å². The van der Waals surface area contributed by atoms with Gasteiger partial charge >= 0.3 is 0 Å². The smallest absolute Gasteiger partial charge is 0.127 e. The molecule has 2 rings (SSSR count). The van der Waals surface area contributed by atoms with E-state index >= 15 is 0 Å². The average Bonchev–Trinajstić information content (AvgIpc) is 2.81. The number of nitrogens with zero attached hydrogens (tertiary/aromatic N) is 1. The van der Waals surface area contributed by atoms with Crippen molar-refractivity contribution in [2.24, 2.45) is 5.41 Å². The number of hydrogen-bond donors (Lipinski definition) is 0. The molecule has 0 heterocycles. The maximum absolute atomic E-state index is 11.3. The van der Waals surface area contributed by atoms with E-state index in [1.807, 2.05) is 6.07 Å². The molecule has 0 aliphatic heterocycles. The lowest BCUT2D eigenvalue weighted by molar-refractivity contribution is -0.116. The van der Waals surface area contributed by atoms with Gasteiger partial charge in [0, 0.05) is 23.0 Å². The Morgan fingerprint density at radius 3 is 2.61 bits per heavy atom. The van der Waals surface area contributed by atoms with Gasteiger partial charge in [0.25, 0.3) is 0 Å².